The molecule has 2 aromatic rings. The van der Waals surface area contributed by atoms with Crippen LogP contribution in [0.1, 0.15) is 0 Å². The first kappa shape index (κ1) is 24.8. The number of phosphoric ester groups is 1. The van der Waals surface area contributed by atoms with E-state index in [1.54, 1.807) is 38.4 Å². The second kappa shape index (κ2) is 12.4. The lowest BCUT2D eigenvalue weighted by atomic mass is 10.3. The molecular formula is C19H25N2O8P. The van der Waals surface area contributed by atoms with Crippen LogP contribution in [0.25, 0.3) is 0 Å². The SMILES string of the molecule is CN(C)C=O.COc1ccc(OP(=O)(OC(=O)CN)Oc2ccc(OC)cc2)cc1. The van der Waals surface area contributed by atoms with E-state index in [9.17, 15) is 14.2 Å². The summed E-state index contributed by atoms with van der Waals surface area (Å²) in [6.07, 6.45) is 0.750. The van der Waals surface area contributed by atoms with E-state index in [1.165, 1.54) is 43.4 Å². The van der Waals surface area contributed by atoms with Gasteiger partial charge < -0.3 is 33.7 Å². The van der Waals surface area contributed by atoms with Gasteiger partial charge in [-0.05, 0) is 48.5 Å². The molecule has 0 aliphatic rings. The van der Waals surface area contributed by atoms with Gasteiger partial charge in [0.25, 0.3) is 0 Å². The zero-order valence-electron chi connectivity index (χ0n) is 17.1. The molecule has 164 valence electrons. The maximum absolute atomic E-state index is 12.8. The molecule has 0 aromatic heterocycles. The van der Waals surface area contributed by atoms with Gasteiger partial charge in [0.2, 0.25) is 6.41 Å². The molecule has 0 saturated heterocycles. The average Bonchev–Trinajstić information content (AvgIpc) is 2.74. The Morgan fingerprint density at radius 2 is 1.23 bits per heavy atom. The Morgan fingerprint density at radius 3 is 1.50 bits per heavy atom. The molecule has 0 heterocycles. The lowest BCUT2D eigenvalue weighted by Gasteiger charge is -2.18. The third-order valence-electron chi connectivity index (χ3n) is 3.14. The summed E-state index contributed by atoms with van der Waals surface area (Å²) in [7, 11) is 2.10. The van der Waals surface area contributed by atoms with Gasteiger partial charge in [0.15, 0.2) is 0 Å². The van der Waals surface area contributed by atoms with Crippen LogP contribution in [0.5, 0.6) is 23.0 Å². The standard InChI is InChI=1S/C16H18NO7P.C3H7NO/c1-20-12-3-7-14(8-4-12)22-25(19,24-16(18)11-17)23-15-9-5-13(21-2)6-10-15;1-4(2)3-5/h3-10H,11,17H2,1-2H3;3H,1-2H3. The predicted octanol–water partition coefficient (Wildman–Crippen LogP) is 2.48. The molecule has 0 bridgehead atoms. The smallest absolute Gasteiger partial charge is 0.497 e. The van der Waals surface area contributed by atoms with Crippen LogP contribution in [0.4, 0.5) is 0 Å². The molecule has 30 heavy (non-hydrogen) atoms. The number of hydrogen-bond acceptors (Lipinski definition) is 9. The number of nitrogens with two attached hydrogens (primary N) is 1. The van der Waals surface area contributed by atoms with Crippen LogP contribution in [0.2, 0.25) is 0 Å². The van der Waals surface area contributed by atoms with Gasteiger partial charge >= 0.3 is 13.8 Å². The molecule has 1 amide bonds. The van der Waals surface area contributed by atoms with Crippen LogP contribution in [0, 0.1) is 0 Å². The van der Waals surface area contributed by atoms with Gasteiger partial charge in [-0.2, -0.15) is 4.57 Å². The van der Waals surface area contributed by atoms with Gasteiger partial charge in [0, 0.05) is 14.1 Å². The Morgan fingerprint density at radius 1 is 0.900 bits per heavy atom. The van der Waals surface area contributed by atoms with Crippen LogP contribution >= 0.6 is 7.82 Å². The average molecular weight is 440 g/mol. The van der Waals surface area contributed by atoms with Crippen molar-refractivity contribution in [1.29, 1.82) is 0 Å². The second-order valence-corrected chi connectivity index (χ2v) is 7.16. The van der Waals surface area contributed by atoms with E-state index in [1.807, 2.05) is 0 Å². The summed E-state index contributed by atoms with van der Waals surface area (Å²) in [5, 5.41) is 0. The van der Waals surface area contributed by atoms with Crippen molar-refractivity contribution in [1.82, 2.24) is 4.90 Å². The van der Waals surface area contributed by atoms with Crippen molar-refractivity contribution in [2.45, 2.75) is 0 Å². The van der Waals surface area contributed by atoms with Gasteiger partial charge in [-0.1, -0.05) is 0 Å². The zero-order chi connectivity index (χ0) is 22.6. The van der Waals surface area contributed by atoms with E-state index >= 15 is 0 Å². The fourth-order valence-corrected chi connectivity index (χ4v) is 2.94. The number of methoxy groups -OCH3 is 2. The number of benzene rings is 2. The first-order valence-electron chi connectivity index (χ1n) is 8.56. The largest absolute Gasteiger partial charge is 0.649 e. The molecule has 0 atom stereocenters. The summed E-state index contributed by atoms with van der Waals surface area (Å²) in [6, 6.07) is 12.4. The Kier molecular flexibility index (Phi) is 10.2. The van der Waals surface area contributed by atoms with Crippen LogP contribution in [-0.2, 0) is 18.7 Å². The number of phosphoric acid groups is 1. The molecule has 0 aliphatic carbocycles. The Hall–Kier alpha value is -3.23. The van der Waals surface area contributed by atoms with E-state index in [0.29, 0.717) is 11.5 Å². The molecule has 10 nitrogen and oxygen atoms in total. The minimum atomic E-state index is -4.29. The molecule has 0 unspecified atom stereocenters. The highest BCUT2D eigenvalue weighted by atomic mass is 31.2. The molecule has 0 fully saturated rings. The normalized spacial score (nSPS) is 10.0. The second-order valence-electron chi connectivity index (χ2n) is 5.72. The zero-order valence-corrected chi connectivity index (χ0v) is 18.0. The maximum Gasteiger partial charge on any atom is 0.649 e. The van der Waals surface area contributed by atoms with E-state index < -0.39 is 20.3 Å². The Labute approximate surface area is 175 Å². The summed E-state index contributed by atoms with van der Waals surface area (Å²) < 4.78 is 38.2. The summed E-state index contributed by atoms with van der Waals surface area (Å²) in [4.78, 5) is 22.4. The molecule has 0 saturated carbocycles. The van der Waals surface area contributed by atoms with Gasteiger partial charge in [0.05, 0.1) is 20.8 Å². The number of nitrogens with zero attached hydrogens (tertiary/aromatic N) is 1. The lowest BCUT2D eigenvalue weighted by molar-refractivity contribution is -0.133. The van der Waals surface area contributed by atoms with Crippen LogP contribution in [-0.4, -0.2) is 52.1 Å². The van der Waals surface area contributed by atoms with E-state index in [4.69, 9.17) is 28.8 Å². The summed E-state index contributed by atoms with van der Waals surface area (Å²) in [6.45, 7) is -0.470. The lowest BCUT2D eigenvalue weighted by Crippen LogP contribution is -2.18. The quantitative estimate of drug-likeness (QED) is 0.462. The van der Waals surface area contributed by atoms with Crippen molar-refractivity contribution in [2.75, 3.05) is 34.9 Å². The van der Waals surface area contributed by atoms with Gasteiger partial charge in [-0.15, -0.1) is 0 Å². The molecule has 0 radical (unpaired) electrons. The highest BCUT2D eigenvalue weighted by Gasteiger charge is 2.35. The van der Waals surface area contributed by atoms with E-state index in [2.05, 4.69) is 0 Å². The van der Waals surface area contributed by atoms with Crippen molar-refractivity contribution in [3.63, 3.8) is 0 Å². The Balaban J connectivity index is 0.000000804. The van der Waals surface area contributed by atoms with Gasteiger partial charge in [0.1, 0.15) is 23.0 Å². The number of carbonyl (C=O) groups excluding carboxylic acids is 2. The monoisotopic (exact) mass is 440 g/mol. The molecule has 0 spiro atoms. The van der Waals surface area contributed by atoms with Crippen LogP contribution < -0.4 is 24.3 Å². The molecule has 0 aliphatic heterocycles. The molecule has 11 heteroatoms. The van der Waals surface area contributed by atoms with Crippen LogP contribution in [0.3, 0.4) is 0 Å². The minimum Gasteiger partial charge on any atom is -0.497 e. The number of hydrogen-bond donors (Lipinski definition) is 1. The highest BCUT2D eigenvalue weighted by molar-refractivity contribution is 7.50. The molecule has 2 aromatic carbocycles. The minimum absolute atomic E-state index is 0.169. The first-order valence-corrected chi connectivity index (χ1v) is 10.0. The third-order valence-corrected chi connectivity index (χ3v) is 4.44. The van der Waals surface area contributed by atoms with E-state index in [-0.39, 0.29) is 11.5 Å². The Bertz CT molecular complexity index is 787. The van der Waals surface area contributed by atoms with E-state index in [0.717, 1.165) is 6.41 Å². The van der Waals surface area contributed by atoms with Gasteiger partial charge in [-0.3, -0.25) is 9.59 Å². The summed E-state index contributed by atoms with van der Waals surface area (Å²) in [5.74, 6) is 0.574. The van der Waals surface area contributed by atoms with Crippen molar-refractivity contribution in [2.24, 2.45) is 5.73 Å². The number of ether oxygens (including phenoxy) is 2. The van der Waals surface area contributed by atoms with Crippen LogP contribution in [0.15, 0.2) is 48.5 Å². The first-order chi connectivity index (χ1) is 14.2. The van der Waals surface area contributed by atoms with Crippen molar-refractivity contribution in [3.8, 4) is 23.0 Å². The van der Waals surface area contributed by atoms with Gasteiger partial charge in [-0.25, -0.2) is 0 Å². The third kappa shape index (κ3) is 8.85. The topological polar surface area (TPSA) is 127 Å². The summed E-state index contributed by atoms with van der Waals surface area (Å²) in [5.41, 5.74) is 5.20. The van der Waals surface area contributed by atoms with Crippen molar-refractivity contribution < 1.29 is 37.2 Å². The van der Waals surface area contributed by atoms with Crippen molar-refractivity contribution >= 4 is 20.2 Å². The fraction of sp³-hybridized carbons (Fsp3) is 0.263. The highest BCUT2D eigenvalue weighted by Crippen LogP contribution is 2.50. The number of carbonyl (C=O) groups is 2. The van der Waals surface area contributed by atoms with Crippen molar-refractivity contribution in [3.05, 3.63) is 48.5 Å². The molecule has 2 rings (SSSR count). The molecular weight excluding hydrogens is 415 g/mol. The number of amides is 1. The predicted molar refractivity (Wildman–Crippen MR) is 110 cm³/mol. The molecule has 2 N–H and O–H groups in total. The maximum atomic E-state index is 12.8. The summed E-state index contributed by atoms with van der Waals surface area (Å²) >= 11 is 0. The fourth-order valence-electron chi connectivity index (χ4n) is 1.75. The number of rotatable bonds is 9.